The Morgan fingerprint density at radius 1 is 1.37 bits per heavy atom. The lowest BCUT2D eigenvalue weighted by molar-refractivity contribution is 0.0951. The summed E-state index contributed by atoms with van der Waals surface area (Å²) in [6.07, 6.45) is 0. The molecule has 0 atom stereocenters. The molecular weight excluding hydrogens is 306 g/mol. The highest BCUT2D eigenvalue weighted by molar-refractivity contribution is 9.10. The van der Waals surface area contributed by atoms with Crippen molar-refractivity contribution in [3.8, 4) is 0 Å². The molecule has 0 bridgehead atoms. The summed E-state index contributed by atoms with van der Waals surface area (Å²) in [7, 11) is 0. The Bertz CT molecular complexity index is 613. The molecule has 0 unspecified atom stereocenters. The van der Waals surface area contributed by atoms with Crippen LogP contribution in [0, 0.1) is 6.92 Å². The molecule has 0 radical (unpaired) electrons. The molecule has 98 valence electrons. The van der Waals surface area contributed by atoms with Gasteiger partial charge in [-0.2, -0.15) is 0 Å². The summed E-state index contributed by atoms with van der Waals surface area (Å²) in [6, 6.07) is 10.9. The average molecular weight is 320 g/mol. The fourth-order valence-electron chi connectivity index (χ4n) is 1.70. The van der Waals surface area contributed by atoms with Crippen LogP contribution in [-0.2, 0) is 6.54 Å². The molecule has 0 saturated heterocycles. The minimum Gasteiger partial charge on any atom is -0.398 e. The number of carbonyl (C=O) groups is 1. The Balaban J connectivity index is 2.05. The van der Waals surface area contributed by atoms with Crippen molar-refractivity contribution in [1.82, 2.24) is 10.3 Å². The van der Waals surface area contributed by atoms with E-state index in [9.17, 15) is 4.79 Å². The fourth-order valence-corrected chi connectivity index (χ4v) is 2.08. The number of benzene rings is 1. The summed E-state index contributed by atoms with van der Waals surface area (Å²) in [5.74, 6) is -0.201. The number of halogens is 1. The summed E-state index contributed by atoms with van der Waals surface area (Å²) in [5.41, 5.74) is 8.47. The van der Waals surface area contributed by atoms with Gasteiger partial charge >= 0.3 is 0 Å². The molecule has 19 heavy (non-hydrogen) atoms. The van der Waals surface area contributed by atoms with E-state index in [-0.39, 0.29) is 5.91 Å². The highest BCUT2D eigenvalue weighted by Gasteiger charge is 2.09. The molecule has 1 aromatic heterocycles. The molecule has 1 heterocycles. The van der Waals surface area contributed by atoms with Gasteiger partial charge in [0.15, 0.2) is 0 Å². The van der Waals surface area contributed by atoms with Crippen LogP contribution in [0.1, 0.15) is 21.7 Å². The second-order valence-electron chi connectivity index (χ2n) is 4.18. The molecule has 0 spiro atoms. The second kappa shape index (κ2) is 5.84. The lowest BCUT2D eigenvalue weighted by Gasteiger charge is -2.08. The number of pyridine rings is 1. The molecule has 3 N–H and O–H groups in total. The number of rotatable bonds is 3. The van der Waals surface area contributed by atoms with Gasteiger partial charge in [-0.25, -0.2) is 0 Å². The van der Waals surface area contributed by atoms with Gasteiger partial charge in [0.25, 0.3) is 5.91 Å². The first-order valence-corrected chi connectivity index (χ1v) is 6.61. The first-order chi connectivity index (χ1) is 9.06. The van der Waals surface area contributed by atoms with E-state index in [2.05, 4.69) is 26.2 Å². The van der Waals surface area contributed by atoms with Gasteiger partial charge in [-0.15, -0.1) is 0 Å². The van der Waals surface area contributed by atoms with Gasteiger partial charge < -0.3 is 11.1 Å². The zero-order valence-corrected chi connectivity index (χ0v) is 12.1. The van der Waals surface area contributed by atoms with E-state index in [0.29, 0.717) is 17.8 Å². The smallest absolute Gasteiger partial charge is 0.253 e. The van der Waals surface area contributed by atoms with Gasteiger partial charge in [0, 0.05) is 15.9 Å². The number of carbonyl (C=O) groups excluding carboxylic acids is 1. The number of aromatic nitrogens is 1. The van der Waals surface area contributed by atoms with E-state index in [1.54, 1.807) is 18.2 Å². The van der Waals surface area contributed by atoms with Gasteiger partial charge in [-0.1, -0.05) is 22.0 Å². The molecule has 1 amide bonds. The molecule has 2 aromatic rings. The molecular formula is C14H14BrN3O. The molecule has 0 aliphatic carbocycles. The van der Waals surface area contributed by atoms with E-state index in [1.807, 2.05) is 25.1 Å². The highest BCUT2D eigenvalue weighted by Crippen LogP contribution is 2.18. The fraction of sp³-hybridized carbons (Fsp3) is 0.143. The Kier molecular flexibility index (Phi) is 4.16. The molecule has 5 heteroatoms. The monoisotopic (exact) mass is 319 g/mol. The van der Waals surface area contributed by atoms with Crippen LogP contribution in [0.3, 0.4) is 0 Å². The van der Waals surface area contributed by atoms with Crippen molar-refractivity contribution in [2.45, 2.75) is 13.5 Å². The van der Waals surface area contributed by atoms with Crippen LogP contribution in [-0.4, -0.2) is 10.9 Å². The molecule has 0 fully saturated rings. The maximum absolute atomic E-state index is 12.0. The number of hydrogen-bond donors (Lipinski definition) is 2. The van der Waals surface area contributed by atoms with E-state index in [1.165, 1.54) is 0 Å². The molecule has 0 aliphatic rings. The lowest BCUT2D eigenvalue weighted by atomic mass is 10.1. The van der Waals surface area contributed by atoms with Crippen LogP contribution in [0.15, 0.2) is 40.9 Å². The van der Waals surface area contributed by atoms with Crippen LogP contribution >= 0.6 is 15.9 Å². The van der Waals surface area contributed by atoms with Crippen molar-refractivity contribution in [3.63, 3.8) is 0 Å². The van der Waals surface area contributed by atoms with Gasteiger partial charge in [0.1, 0.15) is 0 Å². The Morgan fingerprint density at radius 2 is 2.16 bits per heavy atom. The minimum absolute atomic E-state index is 0.201. The van der Waals surface area contributed by atoms with Crippen molar-refractivity contribution >= 4 is 27.5 Å². The summed E-state index contributed by atoms with van der Waals surface area (Å²) in [5, 5.41) is 2.81. The molecule has 1 aromatic carbocycles. The average Bonchev–Trinajstić information content (AvgIpc) is 2.36. The molecule has 0 aliphatic heterocycles. The first kappa shape index (κ1) is 13.5. The van der Waals surface area contributed by atoms with E-state index in [0.717, 1.165) is 15.9 Å². The zero-order chi connectivity index (χ0) is 13.8. The lowest BCUT2D eigenvalue weighted by Crippen LogP contribution is -2.24. The zero-order valence-electron chi connectivity index (χ0n) is 10.5. The number of nitrogens with one attached hydrogen (secondary N) is 1. The van der Waals surface area contributed by atoms with Gasteiger partial charge in [0.05, 0.1) is 17.8 Å². The van der Waals surface area contributed by atoms with Crippen molar-refractivity contribution < 1.29 is 4.79 Å². The van der Waals surface area contributed by atoms with Gasteiger partial charge in [-0.05, 0) is 37.3 Å². The molecule has 2 rings (SSSR count). The number of aryl methyl sites for hydroxylation is 1. The normalized spacial score (nSPS) is 10.2. The van der Waals surface area contributed by atoms with E-state index < -0.39 is 0 Å². The maximum Gasteiger partial charge on any atom is 0.253 e. The van der Waals surface area contributed by atoms with Crippen molar-refractivity contribution in [2.75, 3.05) is 5.73 Å². The number of nitrogens with two attached hydrogens (primary N) is 1. The molecule has 4 nitrogen and oxygen atoms in total. The van der Waals surface area contributed by atoms with Crippen LogP contribution in [0.2, 0.25) is 0 Å². The third-order valence-corrected chi connectivity index (χ3v) is 3.13. The predicted octanol–water partition coefficient (Wildman–Crippen LogP) is 2.66. The van der Waals surface area contributed by atoms with E-state index in [4.69, 9.17) is 5.73 Å². The third kappa shape index (κ3) is 3.54. The summed E-state index contributed by atoms with van der Waals surface area (Å²) in [6.45, 7) is 2.30. The number of anilines is 1. The number of amides is 1. The maximum atomic E-state index is 12.0. The number of nitrogen functional groups attached to an aromatic ring is 1. The highest BCUT2D eigenvalue weighted by atomic mass is 79.9. The second-order valence-corrected chi connectivity index (χ2v) is 5.10. The van der Waals surface area contributed by atoms with Crippen LogP contribution in [0.25, 0.3) is 0 Å². The number of hydrogen-bond acceptors (Lipinski definition) is 3. The SMILES string of the molecule is Cc1cccc(CNC(=O)c2ccc(Br)cc2N)n1. The standard InChI is InChI=1S/C14H14BrN3O/c1-9-3-2-4-11(18-9)8-17-14(19)12-6-5-10(15)7-13(12)16/h2-7H,8,16H2,1H3,(H,17,19). The Labute approximate surface area is 120 Å². The first-order valence-electron chi connectivity index (χ1n) is 5.82. The Hall–Kier alpha value is -1.88. The topological polar surface area (TPSA) is 68.0 Å². The van der Waals surface area contributed by atoms with E-state index >= 15 is 0 Å². The van der Waals surface area contributed by atoms with Crippen LogP contribution in [0.4, 0.5) is 5.69 Å². The Morgan fingerprint density at radius 3 is 2.84 bits per heavy atom. The largest absolute Gasteiger partial charge is 0.398 e. The minimum atomic E-state index is -0.201. The van der Waals surface area contributed by atoms with Crippen LogP contribution < -0.4 is 11.1 Å². The summed E-state index contributed by atoms with van der Waals surface area (Å²) >= 11 is 3.31. The third-order valence-electron chi connectivity index (χ3n) is 2.63. The number of nitrogens with zero attached hydrogens (tertiary/aromatic N) is 1. The van der Waals surface area contributed by atoms with Crippen molar-refractivity contribution in [3.05, 3.63) is 57.8 Å². The van der Waals surface area contributed by atoms with Crippen LogP contribution in [0.5, 0.6) is 0 Å². The molecule has 0 saturated carbocycles. The van der Waals surface area contributed by atoms with Crippen molar-refractivity contribution in [2.24, 2.45) is 0 Å². The summed E-state index contributed by atoms with van der Waals surface area (Å²) in [4.78, 5) is 16.3. The summed E-state index contributed by atoms with van der Waals surface area (Å²) < 4.78 is 0.849. The van der Waals surface area contributed by atoms with Gasteiger partial charge in [0.2, 0.25) is 0 Å². The van der Waals surface area contributed by atoms with Crippen molar-refractivity contribution in [1.29, 1.82) is 0 Å². The quantitative estimate of drug-likeness (QED) is 0.855. The predicted molar refractivity (Wildman–Crippen MR) is 78.7 cm³/mol. The van der Waals surface area contributed by atoms with Gasteiger partial charge in [-0.3, -0.25) is 9.78 Å².